The molecule has 2 rings (SSSR count). The van der Waals surface area contributed by atoms with Gasteiger partial charge in [0.2, 0.25) is 5.91 Å². The zero-order valence-electron chi connectivity index (χ0n) is 14.9. The number of alkyl carbamates (subject to hydrolysis) is 1. The molecule has 0 spiro atoms. The molecule has 0 aliphatic carbocycles. The Morgan fingerprint density at radius 2 is 1.67 bits per heavy atom. The number of piperazine rings is 1. The second-order valence-electron chi connectivity index (χ2n) is 7.02. The molecule has 1 aliphatic heterocycles. The Morgan fingerprint density at radius 3 is 2.21 bits per heavy atom. The van der Waals surface area contributed by atoms with Crippen LogP contribution in [0.1, 0.15) is 27.7 Å². The average Bonchev–Trinajstić information content (AvgIpc) is 2.53. The highest BCUT2D eigenvalue weighted by atomic mass is 16.6. The lowest BCUT2D eigenvalue weighted by Crippen LogP contribution is -2.54. The monoisotopic (exact) mass is 333 g/mol. The van der Waals surface area contributed by atoms with Crippen molar-refractivity contribution in [3.05, 3.63) is 30.3 Å². The van der Waals surface area contributed by atoms with E-state index >= 15 is 0 Å². The van der Waals surface area contributed by atoms with E-state index in [9.17, 15) is 9.59 Å². The van der Waals surface area contributed by atoms with Gasteiger partial charge in [-0.15, -0.1) is 0 Å². The van der Waals surface area contributed by atoms with Crippen molar-refractivity contribution in [2.75, 3.05) is 31.1 Å². The van der Waals surface area contributed by atoms with Crippen LogP contribution in [0.2, 0.25) is 0 Å². The van der Waals surface area contributed by atoms with Crippen molar-refractivity contribution in [3.8, 4) is 0 Å². The standard InChI is InChI=1S/C18H27N3O3/c1-14(19-17(23)24-18(2,3)4)16(22)21-12-10-20(11-13-21)15-8-6-5-7-9-15/h5-9,14H,10-13H2,1-4H3,(H,19,23). The molecular weight excluding hydrogens is 306 g/mol. The van der Waals surface area contributed by atoms with Crippen LogP contribution >= 0.6 is 0 Å². The summed E-state index contributed by atoms with van der Waals surface area (Å²) in [6.07, 6.45) is -0.564. The van der Waals surface area contributed by atoms with Crippen molar-refractivity contribution >= 4 is 17.7 Å². The molecule has 1 aliphatic rings. The van der Waals surface area contributed by atoms with Crippen molar-refractivity contribution < 1.29 is 14.3 Å². The first-order chi connectivity index (χ1) is 11.3. The quantitative estimate of drug-likeness (QED) is 0.921. The number of hydrogen-bond acceptors (Lipinski definition) is 4. The van der Waals surface area contributed by atoms with Gasteiger partial charge in [0.15, 0.2) is 0 Å². The smallest absolute Gasteiger partial charge is 0.408 e. The Bertz CT molecular complexity index is 561. The predicted molar refractivity (Wildman–Crippen MR) is 94.1 cm³/mol. The Labute approximate surface area is 143 Å². The first-order valence-corrected chi connectivity index (χ1v) is 8.34. The van der Waals surface area contributed by atoms with Gasteiger partial charge in [-0.1, -0.05) is 18.2 Å². The molecule has 132 valence electrons. The highest BCUT2D eigenvalue weighted by Gasteiger charge is 2.27. The number of nitrogens with zero attached hydrogens (tertiary/aromatic N) is 2. The summed E-state index contributed by atoms with van der Waals surface area (Å²) in [5, 5.41) is 2.61. The van der Waals surface area contributed by atoms with E-state index < -0.39 is 17.7 Å². The molecule has 0 saturated carbocycles. The number of amides is 2. The van der Waals surface area contributed by atoms with E-state index in [1.165, 1.54) is 5.69 Å². The minimum atomic E-state index is -0.594. The minimum Gasteiger partial charge on any atom is -0.444 e. The highest BCUT2D eigenvalue weighted by Crippen LogP contribution is 2.16. The van der Waals surface area contributed by atoms with Gasteiger partial charge in [0.05, 0.1) is 0 Å². The molecule has 1 N–H and O–H groups in total. The highest BCUT2D eigenvalue weighted by molar-refractivity contribution is 5.85. The molecule has 2 amide bonds. The fraction of sp³-hybridized carbons (Fsp3) is 0.556. The Morgan fingerprint density at radius 1 is 1.08 bits per heavy atom. The molecule has 1 heterocycles. The van der Waals surface area contributed by atoms with Gasteiger partial charge in [0.25, 0.3) is 0 Å². The lowest BCUT2D eigenvalue weighted by molar-refractivity contribution is -0.133. The maximum absolute atomic E-state index is 12.5. The number of carbonyl (C=O) groups excluding carboxylic acids is 2. The summed E-state index contributed by atoms with van der Waals surface area (Å²) in [5.41, 5.74) is 0.596. The number of para-hydroxylation sites is 1. The molecule has 1 saturated heterocycles. The Kier molecular flexibility index (Phi) is 5.70. The van der Waals surface area contributed by atoms with Crippen LogP contribution in [0.5, 0.6) is 0 Å². The van der Waals surface area contributed by atoms with Gasteiger partial charge in [-0.05, 0) is 39.8 Å². The number of nitrogens with one attached hydrogen (secondary N) is 1. The largest absolute Gasteiger partial charge is 0.444 e. The van der Waals surface area contributed by atoms with Crippen LogP contribution < -0.4 is 10.2 Å². The summed E-state index contributed by atoms with van der Waals surface area (Å²) in [6.45, 7) is 9.94. The first kappa shape index (κ1) is 18.1. The van der Waals surface area contributed by atoms with Gasteiger partial charge >= 0.3 is 6.09 Å². The van der Waals surface area contributed by atoms with E-state index in [1.807, 2.05) is 18.2 Å². The van der Waals surface area contributed by atoms with E-state index in [1.54, 1.807) is 32.6 Å². The molecule has 1 unspecified atom stereocenters. The third-order valence-electron chi connectivity index (χ3n) is 3.82. The first-order valence-electron chi connectivity index (χ1n) is 8.34. The number of benzene rings is 1. The van der Waals surface area contributed by atoms with Gasteiger partial charge in [0.1, 0.15) is 11.6 Å². The van der Waals surface area contributed by atoms with Crippen molar-refractivity contribution in [2.45, 2.75) is 39.3 Å². The van der Waals surface area contributed by atoms with Crippen molar-refractivity contribution in [1.29, 1.82) is 0 Å². The maximum atomic E-state index is 12.5. The van der Waals surface area contributed by atoms with Gasteiger partial charge in [-0.25, -0.2) is 4.79 Å². The fourth-order valence-electron chi connectivity index (χ4n) is 2.64. The van der Waals surface area contributed by atoms with Crippen molar-refractivity contribution in [2.24, 2.45) is 0 Å². The molecule has 1 fully saturated rings. The lowest BCUT2D eigenvalue weighted by atomic mass is 10.2. The van der Waals surface area contributed by atoms with Gasteiger partial charge in [0, 0.05) is 31.9 Å². The van der Waals surface area contributed by atoms with Crippen molar-refractivity contribution in [3.63, 3.8) is 0 Å². The molecule has 24 heavy (non-hydrogen) atoms. The number of ether oxygens (including phenoxy) is 1. The van der Waals surface area contributed by atoms with Gasteiger partial charge in [-0.2, -0.15) is 0 Å². The topological polar surface area (TPSA) is 61.9 Å². The van der Waals surface area contributed by atoms with Crippen LogP contribution in [0.4, 0.5) is 10.5 Å². The number of carbonyl (C=O) groups is 2. The Balaban J connectivity index is 1.82. The van der Waals surface area contributed by atoms with E-state index in [0.29, 0.717) is 13.1 Å². The van der Waals surface area contributed by atoms with Crippen molar-refractivity contribution in [1.82, 2.24) is 10.2 Å². The molecule has 0 aromatic heterocycles. The summed E-state index contributed by atoms with van der Waals surface area (Å²) >= 11 is 0. The number of anilines is 1. The molecule has 0 bridgehead atoms. The van der Waals surface area contributed by atoms with Crippen LogP contribution in [0.3, 0.4) is 0 Å². The third kappa shape index (κ3) is 5.15. The van der Waals surface area contributed by atoms with Crippen LogP contribution in [-0.4, -0.2) is 54.7 Å². The normalized spacial score (nSPS) is 16.5. The van der Waals surface area contributed by atoms with Gasteiger partial charge in [-0.3, -0.25) is 4.79 Å². The SMILES string of the molecule is CC(NC(=O)OC(C)(C)C)C(=O)N1CCN(c2ccccc2)CC1. The van der Waals surface area contributed by atoms with Crippen LogP contribution in [0.25, 0.3) is 0 Å². The second kappa shape index (κ2) is 7.55. The summed E-state index contributed by atoms with van der Waals surface area (Å²) in [6, 6.07) is 9.57. The van der Waals surface area contributed by atoms with E-state index in [0.717, 1.165) is 13.1 Å². The Hall–Kier alpha value is -2.24. The molecule has 1 aromatic carbocycles. The summed E-state index contributed by atoms with van der Waals surface area (Å²) in [4.78, 5) is 28.3. The molecule has 6 nitrogen and oxygen atoms in total. The molecule has 1 aromatic rings. The average molecular weight is 333 g/mol. The fourth-order valence-corrected chi connectivity index (χ4v) is 2.64. The van der Waals surface area contributed by atoms with Crippen LogP contribution in [-0.2, 0) is 9.53 Å². The molecule has 1 atom stereocenters. The summed E-state index contributed by atoms with van der Waals surface area (Å²) in [5.74, 6) is -0.0754. The molecule has 6 heteroatoms. The number of hydrogen-bond donors (Lipinski definition) is 1. The molecular formula is C18H27N3O3. The third-order valence-corrected chi connectivity index (χ3v) is 3.82. The van der Waals surface area contributed by atoms with Crippen LogP contribution in [0.15, 0.2) is 30.3 Å². The van der Waals surface area contributed by atoms with E-state index in [-0.39, 0.29) is 5.91 Å². The zero-order valence-corrected chi connectivity index (χ0v) is 14.9. The summed E-state index contributed by atoms with van der Waals surface area (Å²) < 4.78 is 5.19. The summed E-state index contributed by atoms with van der Waals surface area (Å²) in [7, 11) is 0. The zero-order chi connectivity index (χ0) is 17.7. The predicted octanol–water partition coefficient (Wildman–Crippen LogP) is 2.25. The maximum Gasteiger partial charge on any atom is 0.408 e. The van der Waals surface area contributed by atoms with Crippen LogP contribution in [0, 0.1) is 0 Å². The van der Waals surface area contributed by atoms with E-state index in [2.05, 4.69) is 22.3 Å². The lowest BCUT2D eigenvalue weighted by Gasteiger charge is -2.37. The number of rotatable bonds is 3. The van der Waals surface area contributed by atoms with Gasteiger partial charge < -0.3 is 19.9 Å². The minimum absolute atomic E-state index is 0.0754. The second-order valence-corrected chi connectivity index (χ2v) is 7.02. The molecule has 0 radical (unpaired) electrons. The van der Waals surface area contributed by atoms with E-state index in [4.69, 9.17) is 4.74 Å².